The molecule has 2 aromatic carbocycles. The topological polar surface area (TPSA) is 75.3 Å². The Morgan fingerprint density at radius 2 is 1.43 bits per heavy atom. The van der Waals surface area contributed by atoms with Crippen molar-refractivity contribution in [1.82, 2.24) is 10.0 Å². The zero-order chi connectivity index (χ0) is 21.2. The molecule has 28 heavy (non-hydrogen) atoms. The maximum Gasteiger partial charge on any atom is 0.241 e. The predicted molar refractivity (Wildman–Crippen MR) is 113 cm³/mol. The van der Waals surface area contributed by atoms with Crippen LogP contribution in [-0.2, 0) is 14.8 Å². The highest BCUT2D eigenvalue weighted by atomic mass is 32.2. The lowest BCUT2D eigenvalue weighted by Crippen LogP contribution is -2.45. The molecule has 0 spiro atoms. The number of hydrogen-bond acceptors (Lipinski definition) is 3. The number of carbonyl (C=O) groups excluding carboxylic acids is 1. The van der Waals surface area contributed by atoms with Crippen molar-refractivity contribution in [3.63, 3.8) is 0 Å². The second-order valence-electron chi connectivity index (χ2n) is 7.52. The van der Waals surface area contributed by atoms with Crippen LogP contribution < -0.4 is 10.0 Å². The zero-order valence-electron chi connectivity index (χ0n) is 17.7. The van der Waals surface area contributed by atoms with Crippen molar-refractivity contribution < 1.29 is 13.2 Å². The molecular weight excluding hydrogens is 372 g/mol. The molecule has 1 amide bonds. The van der Waals surface area contributed by atoms with E-state index < -0.39 is 16.1 Å². The summed E-state index contributed by atoms with van der Waals surface area (Å²) in [6.45, 7) is 12.8. The van der Waals surface area contributed by atoms with E-state index in [4.69, 9.17) is 0 Å². The number of sulfonamides is 1. The minimum absolute atomic E-state index is 0.217. The molecule has 0 heterocycles. The molecule has 0 fully saturated rings. The van der Waals surface area contributed by atoms with E-state index in [0.29, 0.717) is 11.1 Å². The molecule has 2 N–H and O–H groups in total. The Balaban J connectivity index is 2.21. The molecule has 5 nitrogen and oxygen atoms in total. The minimum Gasteiger partial charge on any atom is -0.348 e. The summed E-state index contributed by atoms with van der Waals surface area (Å²) < 4.78 is 28.6. The van der Waals surface area contributed by atoms with Crippen LogP contribution in [0.15, 0.2) is 35.2 Å². The SMILES string of the molecule is Cc1ccccc1C(C)NC(=O)[C@H](C)NS(=O)(=O)c1c(C)c(C)cc(C)c1C. The van der Waals surface area contributed by atoms with Gasteiger partial charge in [-0.2, -0.15) is 4.72 Å². The first-order chi connectivity index (χ1) is 13.0. The summed E-state index contributed by atoms with van der Waals surface area (Å²) in [6.07, 6.45) is 0. The van der Waals surface area contributed by atoms with Crippen LogP contribution in [0.2, 0.25) is 0 Å². The van der Waals surface area contributed by atoms with E-state index in [9.17, 15) is 13.2 Å². The summed E-state index contributed by atoms with van der Waals surface area (Å²) in [6, 6.07) is 8.67. The van der Waals surface area contributed by atoms with Crippen LogP contribution in [0, 0.1) is 34.6 Å². The van der Waals surface area contributed by atoms with Gasteiger partial charge in [0.25, 0.3) is 0 Å². The highest BCUT2D eigenvalue weighted by Gasteiger charge is 2.27. The summed E-state index contributed by atoms with van der Waals surface area (Å²) in [5.41, 5.74) is 5.31. The molecule has 0 aromatic heterocycles. The highest BCUT2D eigenvalue weighted by molar-refractivity contribution is 7.89. The molecule has 1 unspecified atom stereocenters. The van der Waals surface area contributed by atoms with Crippen LogP contribution in [0.4, 0.5) is 0 Å². The number of aryl methyl sites for hydroxylation is 3. The molecule has 0 aliphatic rings. The largest absolute Gasteiger partial charge is 0.348 e. The Hall–Kier alpha value is -2.18. The van der Waals surface area contributed by atoms with E-state index in [1.807, 2.05) is 58.0 Å². The fourth-order valence-corrected chi connectivity index (χ4v) is 5.24. The van der Waals surface area contributed by atoms with Gasteiger partial charge in [0.15, 0.2) is 0 Å². The smallest absolute Gasteiger partial charge is 0.241 e. The lowest BCUT2D eigenvalue weighted by Gasteiger charge is -2.21. The van der Waals surface area contributed by atoms with Crippen molar-refractivity contribution >= 4 is 15.9 Å². The lowest BCUT2D eigenvalue weighted by atomic mass is 10.0. The minimum atomic E-state index is -3.83. The second kappa shape index (κ2) is 8.45. The van der Waals surface area contributed by atoms with Crippen LogP contribution in [0.25, 0.3) is 0 Å². The van der Waals surface area contributed by atoms with Gasteiger partial charge >= 0.3 is 0 Å². The molecule has 2 aromatic rings. The predicted octanol–water partition coefficient (Wildman–Crippen LogP) is 3.77. The molecule has 0 aliphatic carbocycles. The van der Waals surface area contributed by atoms with Crippen molar-refractivity contribution in [2.75, 3.05) is 0 Å². The Labute approximate surface area is 168 Å². The van der Waals surface area contributed by atoms with Crippen molar-refractivity contribution in [2.24, 2.45) is 0 Å². The van der Waals surface area contributed by atoms with Gasteiger partial charge in [-0.05, 0) is 81.8 Å². The summed E-state index contributed by atoms with van der Waals surface area (Å²) in [4.78, 5) is 12.9. The number of benzene rings is 2. The summed E-state index contributed by atoms with van der Waals surface area (Å²) >= 11 is 0. The number of hydrogen-bond donors (Lipinski definition) is 2. The average molecular weight is 403 g/mol. The first-order valence-corrected chi connectivity index (χ1v) is 10.9. The van der Waals surface area contributed by atoms with Crippen molar-refractivity contribution in [1.29, 1.82) is 0 Å². The first kappa shape index (κ1) is 22.1. The van der Waals surface area contributed by atoms with E-state index in [1.165, 1.54) is 0 Å². The molecule has 6 heteroatoms. The third-order valence-corrected chi connectivity index (χ3v) is 7.12. The normalized spacial score (nSPS) is 13.8. The monoisotopic (exact) mass is 402 g/mol. The van der Waals surface area contributed by atoms with Crippen molar-refractivity contribution in [3.05, 3.63) is 63.7 Å². The van der Waals surface area contributed by atoms with Gasteiger partial charge in [-0.25, -0.2) is 8.42 Å². The molecule has 2 atom stereocenters. The Bertz CT molecular complexity index is 971. The molecule has 0 radical (unpaired) electrons. The first-order valence-electron chi connectivity index (χ1n) is 9.41. The summed E-state index contributed by atoms with van der Waals surface area (Å²) in [5, 5.41) is 2.90. The molecule has 152 valence electrons. The Morgan fingerprint density at radius 1 is 0.893 bits per heavy atom. The Morgan fingerprint density at radius 3 is 1.96 bits per heavy atom. The van der Waals surface area contributed by atoms with Crippen LogP contribution in [0.3, 0.4) is 0 Å². The van der Waals surface area contributed by atoms with Crippen molar-refractivity contribution in [3.8, 4) is 0 Å². The number of nitrogens with one attached hydrogen (secondary N) is 2. The van der Waals surface area contributed by atoms with Gasteiger partial charge < -0.3 is 5.32 Å². The summed E-state index contributed by atoms with van der Waals surface area (Å²) in [7, 11) is -3.83. The van der Waals surface area contributed by atoms with E-state index in [-0.39, 0.29) is 16.8 Å². The lowest BCUT2D eigenvalue weighted by molar-refractivity contribution is -0.123. The van der Waals surface area contributed by atoms with E-state index in [1.54, 1.807) is 20.8 Å². The average Bonchev–Trinajstić information content (AvgIpc) is 2.59. The van der Waals surface area contributed by atoms with E-state index >= 15 is 0 Å². The number of rotatable bonds is 6. The maximum absolute atomic E-state index is 13.0. The van der Waals surface area contributed by atoms with Crippen LogP contribution >= 0.6 is 0 Å². The molecule has 0 bridgehead atoms. The molecule has 0 saturated heterocycles. The van der Waals surface area contributed by atoms with E-state index in [0.717, 1.165) is 22.3 Å². The van der Waals surface area contributed by atoms with Gasteiger partial charge in [0.1, 0.15) is 0 Å². The fraction of sp³-hybridized carbons (Fsp3) is 0.409. The highest BCUT2D eigenvalue weighted by Crippen LogP contribution is 2.26. The van der Waals surface area contributed by atoms with Crippen molar-refractivity contribution in [2.45, 2.75) is 65.4 Å². The molecule has 0 saturated carbocycles. The van der Waals surface area contributed by atoms with Gasteiger partial charge in [-0.15, -0.1) is 0 Å². The van der Waals surface area contributed by atoms with Gasteiger partial charge in [0.05, 0.1) is 17.0 Å². The third-order valence-electron chi connectivity index (χ3n) is 5.30. The maximum atomic E-state index is 13.0. The van der Waals surface area contributed by atoms with Crippen LogP contribution in [0.1, 0.15) is 53.3 Å². The number of amides is 1. The zero-order valence-corrected chi connectivity index (χ0v) is 18.5. The quantitative estimate of drug-likeness (QED) is 0.772. The van der Waals surface area contributed by atoms with Gasteiger partial charge in [0.2, 0.25) is 15.9 Å². The number of carbonyl (C=O) groups is 1. The second-order valence-corrected chi connectivity index (χ2v) is 9.17. The fourth-order valence-electron chi connectivity index (χ4n) is 3.42. The third kappa shape index (κ3) is 4.62. The summed E-state index contributed by atoms with van der Waals surface area (Å²) in [5.74, 6) is -0.362. The van der Waals surface area contributed by atoms with Gasteiger partial charge in [-0.1, -0.05) is 30.3 Å². The van der Waals surface area contributed by atoms with Crippen LogP contribution in [-0.4, -0.2) is 20.4 Å². The van der Waals surface area contributed by atoms with Gasteiger partial charge in [0, 0.05) is 0 Å². The molecule has 2 rings (SSSR count). The van der Waals surface area contributed by atoms with Gasteiger partial charge in [-0.3, -0.25) is 4.79 Å². The standard InChI is InChI=1S/C22H30N2O3S/c1-13-10-8-9-11-20(13)18(6)23-22(25)19(7)24-28(26,27)21-16(4)14(2)12-15(3)17(21)5/h8-12,18-19,24H,1-7H3,(H,23,25)/t18?,19-/m0/s1. The molecular formula is C22H30N2O3S. The molecule has 0 aliphatic heterocycles. The van der Waals surface area contributed by atoms with Crippen LogP contribution in [0.5, 0.6) is 0 Å². The van der Waals surface area contributed by atoms with E-state index in [2.05, 4.69) is 10.0 Å². The Kier molecular flexibility index (Phi) is 6.67.